The van der Waals surface area contributed by atoms with Crippen molar-refractivity contribution in [3.63, 3.8) is 0 Å². The van der Waals surface area contributed by atoms with E-state index in [2.05, 4.69) is 46.5 Å². The second-order valence-corrected chi connectivity index (χ2v) is 6.98. The Morgan fingerprint density at radius 3 is 2.77 bits per heavy atom. The minimum atomic E-state index is -0.0126. The maximum Gasteiger partial charge on any atom is 0.243 e. The topological polar surface area (TPSA) is 87.4 Å². The number of nitrogens with zero attached hydrogens (tertiary/aromatic N) is 5. The summed E-state index contributed by atoms with van der Waals surface area (Å²) in [6.07, 6.45) is 2.87. The Morgan fingerprint density at radius 1 is 1.42 bits per heavy atom. The van der Waals surface area contributed by atoms with Crippen LogP contribution >= 0.6 is 24.0 Å². The highest BCUT2D eigenvalue weighted by Gasteiger charge is 2.23. The lowest BCUT2D eigenvalue weighted by atomic mass is 10.1. The van der Waals surface area contributed by atoms with Gasteiger partial charge in [0, 0.05) is 39.0 Å². The van der Waals surface area contributed by atoms with E-state index in [1.807, 2.05) is 4.68 Å². The molecule has 0 spiro atoms. The molecule has 1 aromatic heterocycles. The first-order valence-corrected chi connectivity index (χ1v) is 9.09. The molecule has 0 saturated carbocycles. The predicted molar refractivity (Wildman–Crippen MR) is 114 cm³/mol. The molecule has 1 amide bonds. The van der Waals surface area contributed by atoms with Crippen LogP contribution in [0.5, 0.6) is 0 Å². The molecule has 1 unspecified atom stereocenters. The quantitative estimate of drug-likeness (QED) is 0.367. The zero-order valence-corrected chi connectivity index (χ0v) is 18.8. The van der Waals surface area contributed by atoms with Crippen molar-refractivity contribution in [3.05, 3.63) is 11.6 Å². The molecule has 26 heavy (non-hydrogen) atoms. The molecule has 0 saturated heterocycles. The van der Waals surface area contributed by atoms with E-state index in [4.69, 9.17) is 0 Å². The summed E-state index contributed by atoms with van der Waals surface area (Å²) in [6.45, 7) is 8.05. The van der Waals surface area contributed by atoms with Gasteiger partial charge in [-0.05, 0) is 12.8 Å². The van der Waals surface area contributed by atoms with Crippen molar-refractivity contribution >= 4 is 35.8 Å². The van der Waals surface area contributed by atoms with Crippen LogP contribution in [0.4, 0.5) is 0 Å². The van der Waals surface area contributed by atoms with Gasteiger partial charge in [0.1, 0.15) is 12.4 Å². The fourth-order valence-electron chi connectivity index (χ4n) is 2.57. The van der Waals surface area contributed by atoms with Crippen molar-refractivity contribution in [3.8, 4) is 0 Å². The maximum atomic E-state index is 11.8. The van der Waals surface area contributed by atoms with Crippen LogP contribution in [0.1, 0.15) is 51.2 Å². The second kappa shape index (κ2) is 10.7. The number of halogens is 1. The third kappa shape index (κ3) is 6.40. The zero-order chi connectivity index (χ0) is 18.4. The molecular formula is C17H32IN7O. The Kier molecular flexibility index (Phi) is 9.31. The van der Waals surface area contributed by atoms with Crippen molar-refractivity contribution in [1.29, 1.82) is 0 Å². The number of rotatable bonds is 6. The molecule has 0 aromatic carbocycles. The highest BCUT2D eigenvalue weighted by atomic mass is 127. The Hall–Kier alpha value is -1.39. The Bertz CT molecular complexity index is 612. The number of amides is 1. The van der Waals surface area contributed by atoms with E-state index in [0.29, 0.717) is 11.9 Å². The molecule has 1 aliphatic heterocycles. The molecule has 9 heteroatoms. The van der Waals surface area contributed by atoms with Gasteiger partial charge >= 0.3 is 0 Å². The number of aromatic nitrogens is 3. The van der Waals surface area contributed by atoms with Gasteiger partial charge in [-0.1, -0.05) is 20.8 Å². The van der Waals surface area contributed by atoms with Crippen molar-refractivity contribution in [1.82, 2.24) is 30.3 Å². The van der Waals surface area contributed by atoms with Gasteiger partial charge in [-0.15, -0.1) is 24.0 Å². The molecule has 1 atom stereocenters. The Labute approximate surface area is 173 Å². The van der Waals surface area contributed by atoms with E-state index < -0.39 is 0 Å². The number of carbonyl (C=O) groups is 1. The van der Waals surface area contributed by atoms with Crippen LogP contribution in [0.3, 0.4) is 0 Å². The number of aryl methyl sites for hydroxylation is 1. The summed E-state index contributed by atoms with van der Waals surface area (Å²) in [4.78, 5) is 22.4. The van der Waals surface area contributed by atoms with Gasteiger partial charge < -0.3 is 15.5 Å². The van der Waals surface area contributed by atoms with Crippen molar-refractivity contribution < 1.29 is 4.79 Å². The van der Waals surface area contributed by atoms with E-state index in [9.17, 15) is 4.79 Å². The van der Waals surface area contributed by atoms with Crippen LogP contribution in [-0.4, -0.2) is 64.8 Å². The molecule has 0 bridgehead atoms. The third-order valence-electron chi connectivity index (χ3n) is 4.15. The average molecular weight is 477 g/mol. The summed E-state index contributed by atoms with van der Waals surface area (Å²) in [5.74, 6) is 2.98. The zero-order valence-electron chi connectivity index (χ0n) is 16.4. The number of hydrogen-bond acceptors (Lipinski definition) is 4. The van der Waals surface area contributed by atoms with Gasteiger partial charge in [-0.2, -0.15) is 5.10 Å². The lowest BCUT2D eigenvalue weighted by Gasteiger charge is -2.25. The van der Waals surface area contributed by atoms with Gasteiger partial charge in [-0.25, -0.2) is 14.7 Å². The normalized spacial score (nSPS) is 16.7. The fourth-order valence-corrected chi connectivity index (χ4v) is 2.57. The van der Waals surface area contributed by atoms with E-state index >= 15 is 0 Å². The van der Waals surface area contributed by atoms with Crippen LogP contribution in [0.2, 0.25) is 0 Å². The first kappa shape index (κ1) is 22.7. The van der Waals surface area contributed by atoms with Crippen LogP contribution < -0.4 is 10.6 Å². The van der Waals surface area contributed by atoms with E-state index in [-0.39, 0.29) is 42.5 Å². The molecule has 148 valence electrons. The molecule has 2 rings (SSSR count). The third-order valence-corrected chi connectivity index (χ3v) is 4.15. The van der Waals surface area contributed by atoms with Gasteiger partial charge in [0.2, 0.25) is 5.91 Å². The lowest BCUT2D eigenvalue weighted by molar-refractivity contribution is -0.127. The number of nitrogens with one attached hydrogen (secondary N) is 2. The van der Waals surface area contributed by atoms with E-state index in [1.54, 1.807) is 19.0 Å². The van der Waals surface area contributed by atoms with Crippen molar-refractivity contribution in [2.45, 2.75) is 58.5 Å². The second-order valence-electron chi connectivity index (χ2n) is 6.98. The minimum Gasteiger partial charge on any atom is -0.356 e. The number of fused-ring (bicyclic) bond motifs is 1. The van der Waals surface area contributed by atoms with Crippen LogP contribution in [0.25, 0.3) is 0 Å². The van der Waals surface area contributed by atoms with Crippen molar-refractivity contribution in [2.24, 2.45) is 4.99 Å². The molecule has 2 N–H and O–H groups in total. The van der Waals surface area contributed by atoms with Crippen molar-refractivity contribution in [2.75, 3.05) is 27.2 Å². The largest absolute Gasteiger partial charge is 0.356 e. The summed E-state index contributed by atoms with van der Waals surface area (Å²) < 4.78 is 2.00. The molecule has 8 nitrogen and oxygen atoms in total. The number of carbonyl (C=O) groups excluding carboxylic acids is 1. The molecule has 1 aliphatic rings. The molecule has 2 heterocycles. The maximum absolute atomic E-state index is 11.8. The SMILES string of the molecule is CCCNC(=NCC(=O)N(C)C)NC1CCc2nc(C(C)C)nn2C1.I. The first-order valence-electron chi connectivity index (χ1n) is 9.09. The number of aliphatic imine (C=N–C) groups is 1. The standard InChI is InChI=1S/C17H31N7O.HI/c1-6-9-18-17(19-10-15(25)23(4)5)20-13-7-8-14-21-16(12(2)3)22-24(14)11-13;/h12-13H,6-11H2,1-5H3,(H2,18,19,20);1H. The smallest absolute Gasteiger partial charge is 0.243 e. The molecule has 1 aromatic rings. The van der Waals surface area contributed by atoms with Gasteiger partial charge in [0.25, 0.3) is 0 Å². The van der Waals surface area contributed by atoms with Crippen LogP contribution in [0, 0.1) is 0 Å². The van der Waals surface area contributed by atoms with Crippen LogP contribution in [-0.2, 0) is 17.8 Å². The predicted octanol–water partition coefficient (Wildman–Crippen LogP) is 1.37. The monoisotopic (exact) mass is 477 g/mol. The molecule has 0 aliphatic carbocycles. The Balaban J connectivity index is 0.00000338. The van der Waals surface area contributed by atoms with Crippen LogP contribution in [0.15, 0.2) is 4.99 Å². The summed E-state index contributed by atoms with van der Waals surface area (Å²) >= 11 is 0. The lowest BCUT2D eigenvalue weighted by Crippen LogP contribution is -2.47. The average Bonchev–Trinajstić information content (AvgIpc) is 3.00. The molecular weight excluding hydrogens is 445 g/mol. The summed E-state index contributed by atoms with van der Waals surface area (Å²) in [5, 5.41) is 11.3. The first-order chi connectivity index (χ1) is 11.9. The van der Waals surface area contributed by atoms with Gasteiger partial charge in [0.05, 0.1) is 6.54 Å². The van der Waals surface area contributed by atoms with E-state index in [1.165, 1.54) is 0 Å². The number of hydrogen-bond donors (Lipinski definition) is 2. The van der Waals surface area contributed by atoms with E-state index in [0.717, 1.165) is 44.0 Å². The summed E-state index contributed by atoms with van der Waals surface area (Å²) in [6, 6.07) is 0.228. The number of likely N-dealkylation sites (N-methyl/N-ethyl adjacent to an activating group) is 1. The minimum absolute atomic E-state index is 0. The Morgan fingerprint density at radius 2 is 2.15 bits per heavy atom. The summed E-state index contributed by atoms with van der Waals surface area (Å²) in [7, 11) is 3.48. The highest BCUT2D eigenvalue weighted by molar-refractivity contribution is 14.0. The highest BCUT2D eigenvalue weighted by Crippen LogP contribution is 2.16. The number of guanidine groups is 1. The molecule has 0 radical (unpaired) electrons. The van der Waals surface area contributed by atoms with Gasteiger partial charge in [-0.3, -0.25) is 4.79 Å². The molecule has 0 fully saturated rings. The summed E-state index contributed by atoms with van der Waals surface area (Å²) in [5.41, 5.74) is 0. The van der Waals surface area contributed by atoms with Gasteiger partial charge in [0.15, 0.2) is 11.8 Å². The fraction of sp³-hybridized carbons (Fsp3) is 0.765.